The fourth-order valence-electron chi connectivity index (χ4n) is 2.69. The van der Waals surface area contributed by atoms with Gasteiger partial charge in [-0.2, -0.15) is 5.10 Å². The first-order valence-electron chi connectivity index (χ1n) is 5.04. The Kier molecular flexibility index (Phi) is 1.80. The molecule has 1 unspecified atom stereocenters. The Hall–Kier alpha value is -0.830. The summed E-state index contributed by atoms with van der Waals surface area (Å²) < 4.78 is 1.90. The summed E-state index contributed by atoms with van der Waals surface area (Å²) in [6, 6.07) is 0. The molecule has 0 radical (unpaired) electrons. The molecule has 0 aliphatic heterocycles. The molecule has 0 bridgehead atoms. The number of hydrogen-bond acceptors (Lipinski definition) is 2. The third kappa shape index (κ3) is 0.989. The SMILES string of the molecule is Cc1cnn(C)c1C1(CO)CC1(C)C. The second-order valence-corrected chi connectivity index (χ2v) is 5.10. The second kappa shape index (κ2) is 2.60. The van der Waals surface area contributed by atoms with E-state index in [1.54, 1.807) is 0 Å². The Morgan fingerprint density at radius 1 is 1.57 bits per heavy atom. The van der Waals surface area contributed by atoms with Gasteiger partial charge in [0.05, 0.1) is 12.8 Å². The molecule has 3 nitrogen and oxygen atoms in total. The molecule has 1 aromatic rings. The first-order chi connectivity index (χ1) is 6.44. The van der Waals surface area contributed by atoms with Crippen LogP contribution in [0.2, 0.25) is 0 Å². The van der Waals surface area contributed by atoms with Gasteiger partial charge in [-0.1, -0.05) is 13.8 Å². The van der Waals surface area contributed by atoms with Crippen LogP contribution in [0.15, 0.2) is 6.20 Å². The zero-order valence-electron chi connectivity index (χ0n) is 9.33. The van der Waals surface area contributed by atoms with Crippen molar-refractivity contribution in [1.82, 2.24) is 9.78 Å². The van der Waals surface area contributed by atoms with E-state index >= 15 is 0 Å². The lowest BCUT2D eigenvalue weighted by Gasteiger charge is -2.19. The van der Waals surface area contributed by atoms with Crippen LogP contribution < -0.4 is 0 Å². The first kappa shape index (κ1) is 9.71. The highest BCUT2D eigenvalue weighted by Crippen LogP contribution is 2.64. The molecule has 14 heavy (non-hydrogen) atoms. The molecule has 1 aliphatic rings. The van der Waals surface area contributed by atoms with Gasteiger partial charge in [0.1, 0.15) is 0 Å². The molecule has 1 saturated carbocycles. The van der Waals surface area contributed by atoms with Crippen molar-refractivity contribution in [2.24, 2.45) is 12.5 Å². The lowest BCUT2D eigenvalue weighted by Crippen LogP contribution is -2.23. The largest absolute Gasteiger partial charge is 0.395 e. The Labute approximate surface area is 84.7 Å². The zero-order chi connectivity index (χ0) is 10.6. The number of aromatic nitrogens is 2. The average Bonchev–Trinajstić information content (AvgIpc) is 2.49. The maximum atomic E-state index is 9.57. The summed E-state index contributed by atoms with van der Waals surface area (Å²) in [6.07, 6.45) is 2.93. The van der Waals surface area contributed by atoms with Crippen molar-refractivity contribution >= 4 is 0 Å². The predicted octanol–water partition coefficient (Wildman–Crippen LogP) is 1.39. The summed E-state index contributed by atoms with van der Waals surface area (Å²) in [4.78, 5) is 0. The maximum Gasteiger partial charge on any atom is 0.0548 e. The molecule has 1 heterocycles. The third-order valence-electron chi connectivity index (χ3n) is 3.76. The summed E-state index contributed by atoms with van der Waals surface area (Å²) >= 11 is 0. The van der Waals surface area contributed by atoms with Gasteiger partial charge in [-0.15, -0.1) is 0 Å². The van der Waals surface area contributed by atoms with Crippen molar-refractivity contribution in [1.29, 1.82) is 0 Å². The summed E-state index contributed by atoms with van der Waals surface area (Å²) in [6.45, 7) is 6.69. The van der Waals surface area contributed by atoms with E-state index < -0.39 is 0 Å². The van der Waals surface area contributed by atoms with Crippen molar-refractivity contribution in [2.75, 3.05) is 6.61 Å². The second-order valence-electron chi connectivity index (χ2n) is 5.10. The quantitative estimate of drug-likeness (QED) is 0.772. The Morgan fingerprint density at radius 3 is 2.43 bits per heavy atom. The monoisotopic (exact) mass is 194 g/mol. The first-order valence-corrected chi connectivity index (χ1v) is 5.04. The van der Waals surface area contributed by atoms with Gasteiger partial charge >= 0.3 is 0 Å². The lowest BCUT2D eigenvalue weighted by molar-refractivity contribution is 0.224. The number of aryl methyl sites for hydroxylation is 2. The summed E-state index contributed by atoms with van der Waals surface area (Å²) in [5, 5.41) is 13.8. The molecule has 0 spiro atoms. The van der Waals surface area contributed by atoms with E-state index in [9.17, 15) is 5.11 Å². The van der Waals surface area contributed by atoms with Crippen LogP contribution in [-0.2, 0) is 12.5 Å². The normalized spacial score (nSPS) is 29.2. The molecule has 78 valence electrons. The van der Waals surface area contributed by atoms with Crippen LogP contribution in [0, 0.1) is 12.3 Å². The highest BCUT2D eigenvalue weighted by molar-refractivity contribution is 5.37. The molecule has 1 fully saturated rings. The molecule has 1 atom stereocenters. The van der Waals surface area contributed by atoms with Gasteiger partial charge in [-0.3, -0.25) is 4.68 Å². The number of nitrogens with zero attached hydrogens (tertiary/aromatic N) is 2. The van der Waals surface area contributed by atoms with E-state index in [0.717, 1.165) is 6.42 Å². The molecular formula is C11H18N2O. The van der Waals surface area contributed by atoms with Gasteiger partial charge in [-0.25, -0.2) is 0 Å². The summed E-state index contributed by atoms with van der Waals surface area (Å²) in [5.74, 6) is 0. The number of aliphatic hydroxyl groups is 1. The topological polar surface area (TPSA) is 38.0 Å². The van der Waals surface area contributed by atoms with Gasteiger partial charge in [0, 0.05) is 18.2 Å². The fourth-order valence-corrected chi connectivity index (χ4v) is 2.69. The van der Waals surface area contributed by atoms with Crippen LogP contribution in [0.1, 0.15) is 31.5 Å². The van der Waals surface area contributed by atoms with Crippen molar-refractivity contribution in [2.45, 2.75) is 32.6 Å². The average molecular weight is 194 g/mol. The van der Waals surface area contributed by atoms with Crippen LogP contribution in [0.3, 0.4) is 0 Å². The van der Waals surface area contributed by atoms with Crippen LogP contribution in [0.5, 0.6) is 0 Å². The number of hydrogen-bond donors (Lipinski definition) is 1. The maximum absolute atomic E-state index is 9.57. The minimum Gasteiger partial charge on any atom is -0.395 e. The molecule has 3 heteroatoms. The minimum absolute atomic E-state index is 0.0532. The van der Waals surface area contributed by atoms with Gasteiger partial charge < -0.3 is 5.11 Å². The molecule has 1 aromatic heterocycles. The highest BCUT2D eigenvalue weighted by atomic mass is 16.3. The van der Waals surface area contributed by atoms with E-state index in [1.165, 1.54) is 11.3 Å². The highest BCUT2D eigenvalue weighted by Gasteiger charge is 2.63. The zero-order valence-corrected chi connectivity index (χ0v) is 9.33. The van der Waals surface area contributed by atoms with E-state index in [2.05, 4.69) is 25.9 Å². The van der Waals surface area contributed by atoms with Crippen molar-refractivity contribution in [3.05, 3.63) is 17.5 Å². The molecule has 2 rings (SSSR count). The summed E-state index contributed by atoms with van der Waals surface area (Å²) in [5.41, 5.74) is 2.54. The van der Waals surface area contributed by atoms with Gasteiger partial charge in [0.25, 0.3) is 0 Å². The molecule has 1 aliphatic carbocycles. The Bertz CT molecular complexity index is 348. The Balaban J connectivity index is 2.50. The van der Waals surface area contributed by atoms with Crippen LogP contribution in [0.25, 0.3) is 0 Å². The van der Waals surface area contributed by atoms with Crippen LogP contribution in [-0.4, -0.2) is 21.5 Å². The number of rotatable bonds is 2. The molecule has 0 saturated heterocycles. The van der Waals surface area contributed by atoms with Crippen LogP contribution in [0.4, 0.5) is 0 Å². The van der Waals surface area contributed by atoms with E-state index in [0.29, 0.717) is 0 Å². The standard InChI is InChI=1S/C11H18N2O/c1-8-5-12-13(4)9(8)11(7-14)6-10(11,2)3/h5,14H,6-7H2,1-4H3. The fraction of sp³-hybridized carbons (Fsp3) is 0.727. The van der Waals surface area contributed by atoms with Gasteiger partial charge in [0.15, 0.2) is 0 Å². The predicted molar refractivity (Wildman–Crippen MR) is 55.1 cm³/mol. The molecule has 0 aromatic carbocycles. The summed E-state index contributed by atoms with van der Waals surface area (Å²) in [7, 11) is 1.95. The van der Waals surface area contributed by atoms with E-state index in [4.69, 9.17) is 0 Å². The Morgan fingerprint density at radius 2 is 2.14 bits per heavy atom. The van der Waals surface area contributed by atoms with Crippen molar-refractivity contribution in [3.8, 4) is 0 Å². The number of aliphatic hydroxyl groups excluding tert-OH is 1. The molecule has 1 N–H and O–H groups in total. The molecule has 0 amide bonds. The van der Waals surface area contributed by atoms with E-state index in [1.807, 2.05) is 17.9 Å². The third-order valence-corrected chi connectivity index (χ3v) is 3.76. The van der Waals surface area contributed by atoms with E-state index in [-0.39, 0.29) is 17.4 Å². The van der Waals surface area contributed by atoms with Gasteiger partial charge in [0.2, 0.25) is 0 Å². The van der Waals surface area contributed by atoms with Crippen LogP contribution >= 0.6 is 0 Å². The van der Waals surface area contributed by atoms with Crippen molar-refractivity contribution < 1.29 is 5.11 Å². The minimum atomic E-state index is -0.0532. The molecular weight excluding hydrogens is 176 g/mol. The smallest absolute Gasteiger partial charge is 0.0548 e. The lowest BCUT2D eigenvalue weighted by atomic mass is 9.91. The van der Waals surface area contributed by atoms with Crippen molar-refractivity contribution in [3.63, 3.8) is 0 Å². The van der Waals surface area contributed by atoms with Gasteiger partial charge in [-0.05, 0) is 24.3 Å².